The van der Waals surface area contributed by atoms with Crippen molar-refractivity contribution in [2.75, 3.05) is 5.32 Å². The summed E-state index contributed by atoms with van der Waals surface area (Å²) in [7, 11) is 0. The number of H-pyrrole nitrogens is 1. The minimum Gasteiger partial charge on any atom is -0.378 e. The van der Waals surface area contributed by atoms with Gasteiger partial charge in [0.2, 0.25) is 0 Å². The highest BCUT2D eigenvalue weighted by Crippen LogP contribution is 2.26. The van der Waals surface area contributed by atoms with Crippen molar-refractivity contribution >= 4 is 16.6 Å². The molecule has 110 valence electrons. The Bertz CT molecular complexity index is 768. The van der Waals surface area contributed by atoms with Crippen molar-refractivity contribution in [2.45, 2.75) is 40.3 Å². The van der Waals surface area contributed by atoms with Crippen LogP contribution < -0.4 is 5.32 Å². The lowest BCUT2D eigenvalue weighted by atomic mass is 10.1. The van der Waals surface area contributed by atoms with Crippen LogP contribution in [0.1, 0.15) is 36.8 Å². The molecule has 1 atom stereocenters. The van der Waals surface area contributed by atoms with Gasteiger partial charge in [0, 0.05) is 28.9 Å². The molecule has 5 nitrogen and oxygen atoms in total. The molecule has 5 heteroatoms. The van der Waals surface area contributed by atoms with Crippen LogP contribution in [0.4, 0.5) is 5.69 Å². The molecule has 0 aliphatic rings. The maximum Gasteiger partial charge on any atom is 0.0651 e. The van der Waals surface area contributed by atoms with E-state index < -0.39 is 0 Å². The number of nitrogens with zero attached hydrogens (tertiary/aromatic N) is 3. The highest BCUT2D eigenvalue weighted by Gasteiger charge is 2.17. The second-order valence-corrected chi connectivity index (χ2v) is 5.44. The van der Waals surface area contributed by atoms with E-state index in [0.29, 0.717) is 0 Å². The van der Waals surface area contributed by atoms with Gasteiger partial charge in [-0.3, -0.25) is 9.78 Å². The van der Waals surface area contributed by atoms with Crippen molar-refractivity contribution < 1.29 is 0 Å². The summed E-state index contributed by atoms with van der Waals surface area (Å²) in [5.74, 6) is 0. The molecule has 0 aliphatic carbocycles. The van der Waals surface area contributed by atoms with Crippen LogP contribution in [0.25, 0.3) is 10.9 Å². The monoisotopic (exact) mass is 283 g/mol. The molecule has 21 heavy (non-hydrogen) atoms. The summed E-state index contributed by atoms with van der Waals surface area (Å²) in [6.45, 7) is 9.41. The van der Waals surface area contributed by atoms with Crippen molar-refractivity contribution in [3.63, 3.8) is 0 Å². The number of rotatable bonds is 4. The molecule has 0 fully saturated rings. The lowest BCUT2D eigenvalue weighted by molar-refractivity contribution is 0.632. The summed E-state index contributed by atoms with van der Waals surface area (Å²) in [5.41, 5.74) is 5.76. The zero-order valence-corrected chi connectivity index (χ0v) is 12.9. The fourth-order valence-electron chi connectivity index (χ4n) is 3.00. The number of aromatic amines is 1. The molecule has 2 aromatic heterocycles. The molecule has 0 radical (unpaired) electrons. The molecule has 3 rings (SSSR count). The van der Waals surface area contributed by atoms with Crippen LogP contribution in [0.5, 0.6) is 0 Å². The van der Waals surface area contributed by atoms with Crippen molar-refractivity contribution in [3.8, 4) is 0 Å². The second-order valence-electron chi connectivity index (χ2n) is 5.44. The maximum absolute atomic E-state index is 4.59. The SMILES string of the molecule is CCn1nc(C)c(C(C)Nc2ccc3[nH]ncc3c2)c1C. The number of hydrogen-bond donors (Lipinski definition) is 2. The zero-order valence-electron chi connectivity index (χ0n) is 12.9. The van der Waals surface area contributed by atoms with Crippen LogP contribution in [0.15, 0.2) is 24.4 Å². The fourth-order valence-corrected chi connectivity index (χ4v) is 3.00. The Morgan fingerprint density at radius 2 is 2.14 bits per heavy atom. The number of fused-ring (bicyclic) bond motifs is 1. The molecule has 0 amide bonds. The number of anilines is 1. The van der Waals surface area contributed by atoms with E-state index in [-0.39, 0.29) is 6.04 Å². The summed E-state index contributed by atoms with van der Waals surface area (Å²) < 4.78 is 2.06. The first-order valence-corrected chi connectivity index (χ1v) is 7.33. The lowest BCUT2D eigenvalue weighted by Gasteiger charge is -2.16. The molecule has 1 aromatic carbocycles. The Kier molecular flexibility index (Phi) is 3.41. The Hall–Kier alpha value is -2.30. The summed E-state index contributed by atoms with van der Waals surface area (Å²) in [6.07, 6.45) is 1.84. The standard InChI is InChI=1S/C16H21N5/c1-5-21-12(4)16(11(3)20-21)10(2)18-14-6-7-15-13(8-14)9-17-19-15/h6-10,18H,5H2,1-4H3,(H,17,19). The van der Waals surface area contributed by atoms with Crippen molar-refractivity contribution in [3.05, 3.63) is 41.3 Å². The van der Waals surface area contributed by atoms with Gasteiger partial charge in [0.1, 0.15) is 0 Å². The van der Waals surface area contributed by atoms with Crippen LogP contribution in [0, 0.1) is 13.8 Å². The molecule has 0 aliphatic heterocycles. The highest BCUT2D eigenvalue weighted by molar-refractivity contribution is 5.81. The quantitative estimate of drug-likeness (QED) is 0.769. The van der Waals surface area contributed by atoms with E-state index in [1.165, 1.54) is 11.3 Å². The van der Waals surface area contributed by atoms with Gasteiger partial charge in [0.05, 0.1) is 23.4 Å². The Morgan fingerprint density at radius 3 is 2.86 bits per heavy atom. The third kappa shape index (κ3) is 2.39. The predicted octanol–water partition coefficient (Wildman–Crippen LogP) is 3.57. The number of nitrogens with one attached hydrogen (secondary N) is 2. The van der Waals surface area contributed by atoms with Gasteiger partial charge in [0.25, 0.3) is 0 Å². The molecule has 2 heterocycles. The van der Waals surface area contributed by atoms with Crippen LogP contribution in [0.3, 0.4) is 0 Å². The first-order chi connectivity index (χ1) is 10.1. The predicted molar refractivity (Wildman–Crippen MR) is 85.5 cm³/mol. The van der Waals surface area contributed by atoms with Crippen LogP contribution in [-0.2, 0) is 6.54 Å². The second kappa shape index (κ2) is 5.24. The van der Waals surface area contributed by atoms with Gasteiger partial charge in [-0.1, -0.05) is 0 Å². The number of aryl methyl sites for hydroxylation is 2. The maximum atomic E-state index is 4.59. The first-order valence-electron chi connectivity index (χ1n) is 7.33. The van der Waals surface area contributed by atoms with E-state index >= 15 is 0 Å². The minimum absolute atomic E-state index is 0.217. The molecule has 0 saturated heterocycles. The van der Waals surface area contributed by atoms with Gasteiger partial charge in [0.15, 0.2) is 0 Å². The first kappa shape index (κ1) is 13.7. The van der Waals surface area contributed by atoms with Crippen LogP contribution in [0.2, 0.25) is 0 Å². The molecule has 1 unspecified atom stereocenters. The number of hydrogen-bond acceptors (Lipinski definition) is 3. The van der Waals surface area contributed by atoms with E-state index in [9.17, 15) is 0 Å². The van der Waals surface area contributed by atoms with Gasteiger partial charge < -0.3 is 5.32 Å². The molecular weight excluding hydrogens is 262 g/mol. The fraction of sp³-hybridized carbons (Fsp3) is 0.375. The lowest BCUT2D eigenvalue weighted by Crippen LogP contribution is -2.09. The normalized spacial score (nSPS) is 12.8. The van der Waals surface area contributed by atoms with Crippen LogP contribution >= 0.6 is 0 Å². The Morgan fingerprint density at radius 1 is 1.33 bits per heavy atom. The van der Waals surface area contributed by atoms with Crippen molar-refractivity contribution in [2.24, 2.45) is 0 Å². The summed E-state index contributed by atoms with van der Waals surface area (Å²) in [6, 6.07) is 6.46. The van der Waals surface area contributed by atoms with Gasteiger partial charge in [-0.05, 0) is 45.9 Å². The van der Waals surface area contributed by atoms with E-state index in [4.69, 9.17) is 0 Å². The van der Waals surface area contributed by atoms with Gasteiger partial charge in [-0.15, -0.1) is 0 Å². The summed E-state index contributed by atoms with van der Waals surface area (Å²) in [5, 5.41) is 16.3. The highest BCUT2D eigenvalue weighted by atomic mass is 15.3. The topological polar surface area (TPSA) is 58.5 Å². The molecule has 0 spiro atoms. The largest absolute Gasteiger partial charge is 0.378 e. The number of benzene rings is 1. The van der Waals surface area contributed by atoms with Gasteiger partial charge in [-0.2, -0.15) is 10.2 Å². The van der Waals surface area contributed by atoms with Crippen molar-refractivity contribution in [1.82, 2.24) is 20.0 Å². The van der Waals surface area contributed by atoms with Crippen molar-refractivity contribution in [1.29, 1.82) is 0 Å². The number of aromatic nitrogens is 4. The Balaban J connectivity index is 1.88. The molecule has 2 N–H and O–H groups in total. The van der Waals surface area contributed by atoms with Crippen LogP contribution in [-0.4, -0.2) is 20.0 Å². The summed E-state index contributed by atoms with van der Waals surface area (Å²) in [4.78, 5) is 0. The average molecular weight is 283 g/mol. The Labute approximate surface area is 124 Å². The van der Waals surface area contributed by atoms with E-state index in [2.05, 4.69) is 65.1 Å². The van der Waals surface area contributed by atoms with Gasteiger partial charge in [-0.25, -0.2) is 0 Å². The molecule has 0 saturated carbocycles. The third-order valence-electron chi connectivity index (χ3n) is 3.99. The zero-order chi connectivity index (χ0) is 15.0. The van der Waals surface area contributed by atoms with Gasteiger partial charge >= 0.3 is 0 Å². The smallest absolute Gasteiger partial charge is 0.0651 e. The molecular formula is C16H21N5. The van der Waals surface area contributed by atoms with E-state index in [1.807, 2.05) is 12.3 Å². The summed E-state index contributed by atoms with van der Waals surface area (Å²) >= 11 is 0. The van der Waals surface area contributed by atoms with E-state index in [1.54, 1.807) is 0 Å². The van der Waals surface area contributed by atoms with E-state index in [0.717, 1.165) is 28.8 Å². The average Bonchev–Trinajstić information content (AvgIpc) is 3.02. The third-order valence-corrected chi connectivity index (χ3v) is 3.99. The minimum atomic E-state index is 0.217. The molecule has 0 bridgehead atoms. The molecule has 3 aromatic rings.